The van der Waals surface area contributed by atoms with Crippen molar-refractivity contribution in [1.82, 2.24) is 20.3 Å². The maximum atomic E-state index is 11.7. The molecule has 0 spiro atoms. The van der Waals surface area contributed by atoms with Crippen LogP contribution in [0.1, 0.15) is 16.1 Å². The Hall–Kier alpha value is -2.70. The van der Waals surface area contributed by atoms with Crippen LogP contribution in [-0.4, -0.2) is 20.9 Å². The molecule has 2 rings (SSSR count). The Bertz CT molecular complexity index is 631. The van der Waals surface area contributed by atoms with Crippen LogP contribution in [0.25, 0.3) is 0 Å². The van der Waals surface area contributed by atoms with Crippen LogP contribution in [0.15, 0.2) is 40.2 Å². The number of aromatic amines is 2. The van der Waals surface area contributed by atoms with Crippen molar-refractivity contribution >= 4 is 5.91 Å². The predicted octanol–water partition coefficient (Wildman–Crippen LogP) is -0.612. The van der Waals surface area contributed by atoms with Crippen LogP contribution in [0.4, 0.5) is 0 Å². The first kappa shape index (κ1) is 11.8. The SMILES string of the molecule is O=C(NCc1cccnc1)c1cc(=O)[nH]c(=O)[nH]1. The van der Waals surface area contributed by atoms with E-state index in [1.54, 1.807) is 24.5 Å². The summed E-state index contributed by atoms with van der Waals surface area (Å²) in [6, 6.07) is 4.57. The summed E-state index contributed by atoms with van der Waals surface area (Å²) >= 11 is 0. The molecule has 0 fully saturated rings. The van der Waals surface area contributed by atoms with Crippen molar-refractivity contribution in [3.05, 3.63) is 62.7 Å². The Balaban J connectivity index is 2.08. The van der Waals surface area contributed by atoms with E-state index in [9.17, 15) is 14.4 Å². The van der Waals surface area contributed by atoms with Crippen molar-refractivity contribution in [2.24, 2.45) is 0 Å². The van der Waals surface area contributed by atoms with Crippen LogP contribution in [0.5, 0.6) is 0 Å². The first-order valence-corrected chi connectivity index (χ1v) is 5.16. The molecule has 7 nitrogen and oxygen atoms in total. The number of carbonyl (C=O) groups is 1. The highest BCUT2D eigenvalue weighted by Crippen LogP contribution is 1.95. The molecule has 3 N–H and O–H groups in total. The van der Waals surface area contributed by atoms with E-state index in [1.165, 1.54) is 0 Å². The highest BCUT2D eigenvalue weighted by molar-refractivity contribution is 5.91. The molecule has 0 aliphatic carbocycles. The van der Waals surface area contributed by atoms with Crippen LogP contribution in [-0.2, 0) is 6.54 Å². The van der Waals surface area contributed by atoms with E-state index >= 15 is 0 Å². The molecule has 0 radical (unpaired) electrons. The fraction of sp³-hybridized carbons (Fsp3) is 0.0909. The second kappa shape index (κ2) is 5.09. The normalized spacial score (nSPS) is 10.0. The standard InChI is InChI=1S/C11H10N4O3/c16-9-4-8(14-11(18)15-9)10(17)13-6-7-2-1-3-12-5-7/h1-5H,6H2,(H,13,17)(H2,14,15,16,18). The minimum atomic E-state index is -0.714. The number of pyridine rings is 1. The number of rotatable bonds is 3. The van der Waals surface area contributed by atoms with Gasteiger partial charge in [-0.3, -0.25) is 19.6 Å². The highest BCUT2D eigenvalue weighted by atomic mass is 16.2. The number of H-pyrrole nitrogens is 2. The van der Waals surface area contributed by atoms with E-state index in [4.69, 9.17) is 0 Å². The summed E-state index contributed by atoms with van der Waals surface area (Å²) < 4.78 is 0. The molecule has 0 aliphatic rings. The van der Waals surface area contributed by atoms with E-state index in [2.05, 4.69) is 15.3 Å². The van der Waals surface area contributed by atoms with E-state index in [0.29, 0.717) is 0 Å². The van der Waals surface area contributed by atoms with E-state index in [-0.39, 0.29) is 12.2 Å². The van der Waals surface area contributed by atoms with Gasteiger partial charge in [0.25, 0.3) is 11.5 Å². The van der Waals surface area contributed by atoms with E-state index in [0.717, 1.165) is 11.6 Å². The molecule has 0 unspecified atom stereocenters. The molecule has 2 aromatic rings. The van der Waals surface area contributed by atoms with Gasteiger partial charge in [0, 0.05) is 25.0 Å². The topological polar surface area (TPSA) is 108 Å². The van der Waals surface area contributed by atoms with Gasteiger partial charge in [-0.15, -0.1) is 0 Å². The smallest absolute Gasteiger partial charge is 0.326 e. The maximum absolute atomic E-state index is 11.7. The number of nitrogens with one attached hydrogen (secondary N) is 3. The Labute approximate surface area is 101 Å². The van der Waals surface area contributed by atoms with E-state index in [1.807, 2.05) is 4.98 Å². The summed E-state index contributed by atoms with van der Waals surface area (Å²) in [5.41, 5.74) is -0.593. The third-order valence-corrected chi connectivity index (χ3v) is 2.18. The van der Waals surface area contributed by atoms with Crippen molar-refractivity contribution < 1.29 is 4.79 Å². The second-order valence-corrected chi connectivity index (χ2v) is 3.55. The molecule has 0 atom stereocenters. The van der Waals surface area contributed by atoms with Crippen LogP contribution in [0.2, 0.25) is 0 Å². The minimum Gasteiger partial charge on any atom is -0.347 e. The molecule has 0 aliphatic heterocycles. The predicted molar refractivity (Wildman–Crippen MR) is 63.1 cm³/mol. The second-order valence-electron chi connectivity index (χ2n) is 3.55. The first-order valence-electron chi connectivity index (χ1n) is 5.16. The van der Waals surface area contributed by atoms with Crippen molar-refractivity contribution in [1.29, 1.82) is 0 Å². The molecule has 7 heteroatoms. The Kier molecular flexibility index (Phi) is 3.33. The molecule has 0 saturated heterocycles. The average Bonchev–Trinajstić information content (AvgIpc) is 2.36. The number of hydrogen-bond donors (Lipinski definition) is 3. The molecule has 1 amide bonds. The van der Waals surface area contributed by atoms with Crippen LogP contribution < -0.4 is 16.6 Å². The molecule has 2 heterocycles. The Morgan fingerprint density at radius 1 is 1.33 bits per heavy atom. The number of nitrogens with zero attached hydrogens (tertiary/aromatic N) is 1. The van der Waals surface area contributed by atoms with Gasteiger partial charge in [-0.05, 0) is 11.6 Å². The Morgan fingerprint density at radius 3 is 2.83 bits per heavy atom. The van der Waals surface area contributed by atoms with Crippen molar-refractivity contribution in [3.8, 4) is 0 Å². The third-order valence-electron chi connectivity index (χ3n) is 2.18. The summed E-state index contributed by atoms with van der Waals surface area (Å²) in [4.78, 5) is 41.8. The summed E-state index contributed by atoms with van der Waals surface area (Å²) in [6.45, 7) is 0.265. The molecule has 18 heavy (non-hydrogen) atoms. The maximum Gasteiger partial charge on any atom is 0.326 e. The third kappa shape index (κ3) is 2.91. The molecule has 92 valence electrons. The summed E-state index contributed by atoms with van der Waals surface area (Å²) in [6.07, 6.45) is 3.24. The molecule has 2 aromatic heterocycles. The fourth-order valence-corrected chi connectivity index (χ4v) is 1.37. The van der Waals surface area contributed by atoms with Gasteiger partial charge in [0.1, 0.15) is 5.69 Å². The summed E-state index contributed by atoms with van der Waals surface area (Å²) in [5, 5.41) is 2.57. The van der Waals surface area contributed by atoms with Crippen LogP contribution >= 0.6 is 0 Å². The zero-order valence-corrected chi connectivity index (χ0v) is 9.27. The van der Waals surface area contributed by atoms with Gasteiger partial charge in [-0.25, -0.2) is 4.79 Å². The lowest BCUT2D eigenvalue weighted by atomic mass is 10.3. The molecule has 0 saturated carbocycles. The van der Waals surface area contributed by atoms with Crippen molar-refractivity contribution in [2.75, 3.05) is 0 Å². The Morgan fingerprint density at radius 2 is 2.17 bits per heavy atom. The van der Waals surface area contributed by atoms with Crippen LogP contribution in [0.3, 0.4) is 0 Å². The number of carbonyl (C=O) groups excluding carboxylic acids is 1. The van der Waals surface area contributed by atoms with Gasteiger partial charge in [0.2, 0.25) is 0 Å². The van der Waals surface area contributed by atoms with Crippen molar-refractivity contribution in [3.63, 3.8) is 0 Å². The minimum absolute atomic E-state index is 0.0763. The summed E-state index contributed by atoms with van der Waals surface area (Å²) in [7, 11) is 0. The van der Waals surface area contributed by atoms with Gasteiger partial charge in [0.15, 0.2) is 0 Å². The van der Waals surface area contributed by atoms with Gasteiger partial charge in [0.05, 0.1) is 0 Å². The van der Waals surface area contributed by atoms with Gasteiger partial charge < -0.3 is 10.3 Å². The molecule has 0 aromatic carbocycles. The fourth-order valence-electron chi connectivity index (χ4n) is 1.37. The molecular formula is C11H10N4O3. The zero-order valence-electron chi connectivity index (χ0n) is 9.27. The highest BCUT2D eigenvalue weighted by Gasteiger charge is 2.07. The lowest BCUT2D eigenvalue weighted by molar-refractivity contribution is 0.0945. The lowest BCUT2D eigenvalue weighted by Crippen LogP contribution is -2.30. The summed E-state index contributed by atoms with van der Waals surface area (Å²) in [5.74, 6) is -0.526. The van der Waals surface area contributed by atoms with Crippen molar-refractivity contribution in [2.45, 2.75) is 6.54 Å². The van der Waals surface area contributed by atoms with E-state index < -0.39 is 17.2 Å². The quantitative estimate of drug-likeness (QED) is 0.671. The number of hydrogen-bond acceptors (Lipinski definition) is 4. The monoisotopic (exact) mass is 246 g/mol. The first-order chi connectivity index (χ1) is 8.65. The van der Waals surface area contributed by atoms with Gasteiger partial charge in [-0.2, -0.15) is 0 Å². The molecular weight excluding hydrogens is 236 g/mol. The van der Waals surface area contributed by atoms with Gasteiger partial charge in [-0.1, -0.05) is 6.07 Å². The largest absolute Gasteiger partial charge is 0.347 e. The zero-order chi connectivity index (χ0) is 13.0. The van der Waals surface area contributed by atoms with Gasteiger partial charge >= 0.3 is 5.69 Å². The molecule has 0 bridgehead atoms. The van der Waals surface area contributed by atoms with Crippen LogP contribution in [0, 0.1) is 0 Å². The average molecular weight is 246 g/mol. The number of aromatic nitrogens is 3. The number of amides is 1. The lowest BCUT2D eigenvalue weighted by Gasteiger charge is -2.04.